The Balaban J connectivity index is 2.40. The van der Waals surface area contributed by atoms with Crippen molar-refractivity contribution >= 4 is 15.9 Å². The first kappa shape index (κ1) is 14.2. The summed E-state index contributed by atoms with van der Waals surface area (Å²) in [6.45, 7) is 6.09. The number of nitrogens with two attached hydrogens (primary N) is 1. The summed E-state index contributed by atoms with van der Waals surface area (Å²) in [7, 11) is 0. The summed E-state index contributed by atoms with van der Waals surface area (Å²) in [6.07, 6.45) is 1.56. The Morgan fingerprint density at radius 1 is 1.26 bits per heavy atom. The molecule has 0 aliphatic rings. The van der Waals surface area contributed by atoms with E-state index in [1.54, 1.807) is 0 Å². The lowest BCUT2D eigenvalue weighted by molar-refractivity contribution is 0.350. The van der Waals surface area contributed by atoms with Crippen LogP contribution < -0.4 is 5.73 Å². The fraction of sp³-hybridized carbons (Fsp3) is 0.429. The van der Waals surface area contributed by atoms with E-state index in [-0.39, 0.29) is 0 Å². The topological polar surface area (TPSA) is 64.9 Å². The van der Waals surface area contributed by atoms with Crippen LogP contribution in [-0.4, -0.2) is 10.1 Å². The normalized spacial score (nSPS) is 11.8. The number of aromatic nitrogens is 2. The molecule has 1 aromatic heterocycles. The summed E-state index contributed by atoms with van der Waals surface area (Å²) in [6, 6.07) is 6.00. The molecule has 0 saturated heterocycles. The zero-order valence-electron chi connectivity index (χ0n) is 11.4. The second kappa shape index (κ2) is 5.43. The van der Waals surface area contributed by atoms with Gasteiger partial charge in [-0.2, -0.15) is 4.98 Å². The highest BCUT2D eigenvalue weighted by molar-refractivity contribution is 9.10. The minimum Gasteiger partial charge on any atom is -0.334 e. The van der Waals surface area contributed by atoms with Crippen LogP contribution in [0.25, 0.3) is 11.5 Å². The first-order valence-corrected chi connectivity index (χ1v) is 7.18. The first-order chi connectivity index (χ1) is 8.98. The lowest BCUT2D eigenvalue weighted by atomic mass is 9.93. The Kier molecular flexibility index (Phi) is 4.06. The highest BCUT2D eigenvalue weighted by Crippen LogP contribution is 2.28. The van der Waals surface area contributed by atoms with Crippen molar-refractivity contribution in [3.05, 3.63) is 34.1 Å². The molecule has 0 radical (unpaired) electrons. The Bertz CT molecular complexity index is 556. The molecule has 4 nitrogen and oxygen atoms in total. The molecule has 0 aliphatic carbocycles. The van der Waals surface area contributed by atoms with Gasteiger partial charge in [0.2, 0.25) is 0 Å². The zero-order valence-corrected chi connectivity index (χ0v) is 13.0. The summed E-state index contributed by atoms with van der Waals surface area (Å²) < 4.78 is 6.34. The summed E-state index contributed by atoms with van der Waals surface area (Å²) in [5, 5.41) is 4.04. The zero-order chi connectivity index (χ0) is 14.0. The lowest BCUT2D eigenvalue weighted by Gasteiger charge is -2.21. The minimum atomic E-state index is -0.511. The average molecular weight is 324 g/mol. The van der Waals surface area contributed by atoms with E-state index in [1.165, 1.54) is 0 Å². The fourth-order valence-corrected chi connectivity index (χ4v) is 2.58. The van der Waals surface area contributed by atoms with Crippen molar-refractivity contribution in [1.82, 2.24) is 10.1 Å². The van der Waals surface area contributed by atoms with Gasteiger partial charge in [0.1, 0.15) is 0 Å². The Morgan fingerprint density at radius 2 is 1.95 bits per heavy atom. The first-order valence-electron chi connectivity index (χ1n) is 6.39. The van der Waals surface area contributed by atoms with Gasteiger partial charge in [-0.1, -0.05) is 34.9 Å². The molecule has 0 bridgehead atoms. The molecular weight excluding hydrogens is 306 g/mol. The van der Waals surface area contributed by atoms with E-state index in [4.69, 9.17) is 10.3 Å². The summed E-state index contributed by atoms with van der Waals surface area (Å²) in [4.78, 5) is 4.45. The van der Waals surface area contributed by atoms with Gasteiger partial charge in [0.05, 0.1) is 5.54 Å². The number of benzene rings is 1. The molecule has 102 valence electrons. The molecule has 2 N–H and O–H groups in total. The molecule has 1 aromatic carbocycles. The van der Waals surface area contributed by atoms with Gasteiger partial charge in [0, 0.05) is 10.0 Å². The third-order valence-electron chi connectivity index (χ3n) is 3.42. The van der Waals surface area contributed by atoms with E-state index in [2.05, 4.69) is 26.1 Å². The third kappa shape index (κ3) is 2.87. The van der Waals surface area contributed by atoms with Gasteiger partial charge in [-0.15, -0.1) is 0 Å². The van der Waals surface area contributed by atoms with Crippen LogP contribution >= 0.6 is 15.9 Å². The van der Waals surface area contributed by atoms with Crippen LogP contribution in [0.5, 0.6) is 0 Å². The van der Waals surface area contributed by atoms with Gasteiger partial charge in [-0.25, -0.2) is 0 Å². The quantitative estimate of drug-likeness (QED) is 0.929. The molecule has 0 unspecified atom stereocenters. The van der Waals surface area contributed by atoms with E-state index in [9.17, 15) is 0 Å². The van der Waals surface area contributed by atoms with Crippen LogP contribution in [0, 0.1) is 6.92 Å². The minimum absolute atomic E-state index is 0.510. The Morgan fingerprint density at radius 3 is 2.53 bits per heavy atom. The monoisotopic (exact) mass is 323 g/mol. The van der Waals surface area contributed by atoms with Crippen molar-refractivity contribution in [3.8, 4) is 11.5 Å². The predicted molar refractivity (Wildman–Crippen MR) is 78.6 cm³/mol. The largest absolute Gasteiger partial charge is 0.334 e. The smallest absolute Gasteiger partial charge is 0.258 e. The second-order valence-corrected chi connectivity index (χ2v) is 5.72. The number of aryl methyl sites for hydroxylation is 1. The van der Waals surface area contributed by atoms with E-state index in [0.717, 1.165) is 28.4 Å². The highest BCUT2D eigenvalue weighted by atomic mass is 79.9. The van der Waals surface area contributed by atoms with E-state index in [0.29, 0.717) is 11.7 Å². The molecule has 0 aliphatic heterocycles. The van der Waals surface area contributed by atoms with Crippen molar-refractivity contribution < 1.29 is 4.52 Å². The predicted octanol–water partition coefficient (Wildman–Crippen LogP) is 3.78. The molecule has 1 heterocycles. The van der Waals surface area contributed by atoms with Crippen LogP contribution in [0.15, 0.2) is 27.2 Å². The number of hydrogen-bond acceptors (Lipinski definition) is 4. The third-order valence-corrected chi connectivity index (χ3v) is 3.88. The molecule has 2 rings (SSSR count). The van der Waals surface area contributed by atoms with Gasteiger partial charge in [0.15, 0.2) is 5.82 Å². The van der Waals surface area contributed by atoms with Crippen molar-refractivity contribution in [2.24, 2.45) is 5.73 Å². The maximum atomic E-state index is 6.27. The van der Waals surface area contributed by atoms with Crippen molar-refractivity contribution in [2.75, 3.05) is 0 Å². The maximum absolute atomic E-state index is 6.27. The highest BCUT2D eigenvalue weighted by Gasteiger charge is 2.29. The average Bonchev–Trinajstić information content (AvgIpc) is 2.87. The molecule has 0 spiro atoms. The maximum Gasteiger partial charge on any atom is 0.258 e. The summed E-state index contributed by atoms with van der Waals surface area (Å²) >= 11 is 3.47. The van der Waals surface area contributed by atoms with Gasteiger partial charge >= 0.3 is 0 Å². The molecule has 0 fully saturated rings. The van der Waals surface area contributed by atoms with Crippen molar-refractivity contribution in [1.29, 1.82) is 0 Å². The van der Waals surface area contributed by atoms with Crippen molar-refractivity contribution in [3.63, 3.8) is 0 Å². The summed E-state index contributed by atoms with van der Waals surface area (Å²) in [5.41, 5.74) is 7.80. The fourth-order valence-electron chi connectivity index (χ4n) is 1.97. The summed E-state index contributed by atoms with van der Waals surface area (Å²) in [5.74, 6) is 1.08. The molecule has 0 amide bonds. The van der Waals surface area contributed by atoms with Crippen LogP contribution in [0.3, 0.4) is 0 Å². The lowest BCUT2D eigenvalue weighted by Crippen LogP contribution is -2.36. The number of halogens is 1. The van der Waals surface area contributed by atoms with Crippen LogP contribution in [0.2, 0.25) is 0 Å². The molecule has 2 aromatic rings. The van der Waals surface area contributed by atoms with Gasteiger partial charge in [-0.3, -0.25) is 0 Å². The molecule has 0 atom stereocenters. The number of nitrogens with zero attached hydrogens (tertiary/aromatic N) is 2. The number of rotatable bonds is 4. The van der Waals surface area contributed by atoms with Crippen LogP contribution in [-0.2, 0) is 5.54 Å². The Hall–Kier alpha value is -1.20. The second-order valence-electron chi connectivity index (χ2n) is 4.80. The van der Waals surface area contributed by atoms with E-state index in [1.807, 2.05) is 39.0 Å². The van der Waals surface area contributed by atoms with Gasteiger partial charge in [-0.05, 0) is 43.5 Å². The van der Waals surface area contributed by atoms with Gasteiger partial charge in [0.25, 0.3) is 5.89 Å². The van der Waals surface area contributed by atoms with E-state index >= 15 is 0 Å². The Labute approximate surface area is 121 Å². The van der Waals surface area contributed by atoms with Gasteiger partial charge < -0.3 is 10.3 Å². The molecule has 19 heavy (non-hydrogen) atoms. The van der Waals surface area contributed by atoms with Crippen LogP contribution in [0.4, 0.5) is 0 Å². The molecule has 0 saturated carbocycles. The van der Waals surface area contributed by atoms with E-state index < -0.39 is 5.54 Å². The molecular formula is C14H18BrN3O. The van der Waals surface area contributed by atoms with Crippen LogP contribution in [0.1, 0.15) is 38.1 Å². The number of hydrogen-bond donors (Lipinski definition) is 1. The standard InChI is InChI=1S/C14H18BrN3O/c1-4-14(16,5-2)13-17-12(19-18-13)10-6-9(3)7-11(15)8-10/h6-8H,4-5,16H2,1-3H3. The molecule has 5 heteroatoms. The SMILES string of the molecule is CCC(N)(CC)c1noc(-c2cc(C)cc(Br)c2)n1. The van der Waals surface area contributed by atoms with Crippen molar-refractivity contribution in [2.45, 2.75) is 39.2 Å².